The van der Waals surface area contributed by atoms with Gasteiger partial charge in [0, 0.05) is 11.4 Å². The van der Waals surface area contributed by atoms with Crippen LogP contribution in [-0.2, 0) is 0 Å². The normalized spacial score (nSPS) is 12.2. The molecule has 140 valence electrons. The molecule has 8 heteroatoms. The molecule has 4 rings (SSSR count). The van der Waals surface area contributed by atoms with Gasteiger partial charge >= 0.3 is 0 Å². The van der Waals surface area contributed by atoms with Crippen LogP contribution in [0.2, 0.25) is 0 Å². The second kappa shape index (κ2) is 7.69. The molecule has 0 spiro atoms. The number of nitrogens with zero attached hydrogens (tertiary/aromatic N) is 3. The van der Waals surface area contributed by atoms with Crippen LogP contribution in [0.3, 0.4) is 0 Å². The van der Waals surface area contributed by atoms with Gasteiger partial charge in [-0.1, -0.05) is 18.2 Å². The van der Waals surface area contributed by atoms with Gasteiger partial charge < -0.3 is 4.98 Å². The molecule has 0 fully saturated rings. The van der Waals surface area contributed by atoms with Crippen molar-refractivity contribution in [3.05, 3.63) is 82.6 Å². The van der Waals surface area contributed by atoms with Gasteiger partial charge in [-0.3, -0.25) is 5.43 Å². The first-order valence-electron chi connectivity index (χ1n) is 8.42. The van der Waals surface area contributed by atoms with E-state index in [4.69, 9.17) is 0 Å². The molecule has 0 aliphatic carbocycles. The molecule has 2 N–H and O–H groups in total. The van der Waals surface area contributed by atoms with Gasteiger partial charge in [0.2, 0.25) is 5.13 Å². The van der Waals surface area contributed by atoms with Crippen molar-refractivity contribution in [2.45, 2.75) is 6.92 Å². The number of thiazole rings is 1. The van der Waals surface area contributed by atoms with Crippen molar-refractivity contribution in [1.29, 1.82) is 0 Å². The van der Waals surface area contributed by atoms with E-state index in [1.165, 1.54) is 23.5 Å². The van der Waals surface area contributed by atoms with Crippen LogP contribution in [0.5, 0.6) is 0 Å². The minimum atomic E-state index is -0.640. The first kappa shape index (κ1) is 18.0. The number of nitrogens with one attached hydrogen (secondary N) is 2. The molecule has 0 saturated carbocycles. The molecule has 2 aromatic carbocycles. The van der Waals surface area contributed by atoms with Crippen molar-refractivity contribution >= 4 is 39.3 Å². The number of aromatic amines is 1. The SMILES string of the molecule is Cc1csc(N/N=C(/C=C/c2cc(F)cc(F)c2)c2nc3ccccc3[nH]2)n1. The Balaban J connectivity index is 1.70. The predicted octanol–water partition coefficient (Wildman–Crippen LogP) is 5.14. The molecule has 0 bridgehead atoms. The second-order valence-electron chi connectivity index (χ2n) is 6.04. The number of aromatic nitrogens is 3. The van der Waals surface area contributed by atoms with Crippen LogP contribution in [0.1, 0.15) is 17.1 Å². The van der Waals surface area contributed by atoms with Crippen molar-refractivity contribution in [3.63, 3.8) is 0 Å². The van der Waals surface area contributed by atoms with Crippen LogP contribution in [0.25, 0.3) is 17.1 Å². The summed E-state index contributed by atoms with van der Waals surface area (Å²) in [6.45, 7) is 1.89. The minimum absolute atomic E-state index is 0.381. The highest BCUT2D eigenvalue weighted by Gasteiger charge is 2.08. The standard InChI is InChI=1S/C20H15F2N5S/c1-12-11-28-20(23-12)27-26-18(7-6-13-8-14(21)10-15(22)9-13)19-24-16-4-2-3-5-17(16)25-19/h2-11H,1H3,(H,23,27)(H,24,25)/b7-6+,26-18-. The van der Waals surface area contributed by atoms with Crippen molar-refractivity contribution in [1.82, 2.24) is 15.0 Å². The second-order valence-corrected chi connectivity index (χ2v) is 6.90. The van der Waals surface area contributed by atoms with Gasteiger partial charge in [-0.15, -0.1) is 11.3 Å². The number of halogens is 2. The molecule has 0 saturated heterocycles. The monoisotopic (exact) mass is 395 g/mol. The number of imidazole rings is 1. The van der Waals surface area contributed by atoms with Gasteiger partial charge in [-0.05, 0) is 42.8 Å². The molecule has 2 heterocycles. The fourth-order valence-corrected chi connectivity index (χ4v) is 3.23. The zero-order valence-electron chi connectivity index (χ0n) is 14.8. The number of rotatable bonds is 5. The lowest BCUT2D eigenvalue weighted by molar-refractivity contribution is 0.583. The lowest BCUT2D eigenvalue weighted by Crippen LogP contribution is -2.03. The van der Waals surface area contributed by atoms with Crippen molar-refractivity contribution in [2.75, 3.05) is 5.43 Å². The summed E-state index contributed by atoms with van der Waals surface area (Å²) in [5.74, 6) is -0.758. The van der Waals surface area contributed by atoms with Crippen LogP contribution in [0.15, 0.2) is 59.0 Å². The van der Waals surface area contributed by atoms with Crippen LogP contribution in [0.4, 0.5) is 13.9 Å². The topological polar surface area (TPSA) is 66.0 Å². The highest BCUT2D eigenvalue weighted by molar-refractivity contribution is 7.13. The Bertz CT molecular complexity index is 1140. The molecule has 2 aromatic heterocycles. The summed E-state index contributed by atoms with van der Waals surface area (Å²) in [5, 5.41) is 6.92. The number of H-pyrrole nitrogens is 1. The van der Waals surface area contributed by atoms with Crippen molar-refractivity contribution in [2.24, 2.45) is 5.10 Å². The number of hydrazone groups is 1. The third-order valence-corrected chi connectivity index (χ3v) is 4.71. The first-order chi connectivity index (χ1) is 13.6. The molecule has 0 atom stereocenters. The fraction of sp³-hybridized carbons (Fsp3) is 0.0500. The van der Waals surface area contributed by atoms with Gasteiger partial charge in [0.15, 0.2) is 5.82 Å². The number of anilines is 1. The molecule has 5 nitrogen and oxygen atoms in total. The maximum absolute atomic E-state index is 13.4. The Morgan fingerprint density at radius 3 is 2.64 bits per heavy atom. The van der Waals surface area contributed by atoms with Crippen LogP contribution >= 0.6 is 11.3 Å². The van der Waals surface area contributed by atoms with E-state index in [-0.39, 0.29) is 0 Å². The first-order valence-corrected chi connectivity index (χ1v) is 9.30. The van der Waals surface area contributed by atoms with Gasteiger partial charge in [0.25, 0.3) is 0 Å². The summed E-state index contributed by atoms with van der Waals surface area (Å²) >= 11 is 1.43. The summed E-state index contributed by atoms with van der Waals surface area (Å²) in [7, 11) is 0. The molecule has 4 aromatic rings. The highest BCUT2D eigenvalue weighted by Crippen LogP contribution is 2.16. The highest BCUT2D eigenvalue weighted by atomic mass is 32.1. The third kappa shape index (κ3) is 4.12. The van der Waals surface area contributed by atoms with Crippen LogP contribution in [0, 0.1) is 18.6 Å². The minimum Gasteiger partial charge on any atom is -0.337 e. The quantitative estimate of drug-likeness (QED) is 0.363. The maximum atomic E-state index is 13.4. The fourth-order valence-electron chi connectivity index (χ4n) is 2.60. The van der Waals surface area contributed by atoms with E-state index in [2.05, 4.69) is 25.5 Å². The molecule has 0 unspecified atom stereocenters. The molecule has 28 heavy (non-hydrogen) atoms. The number of benzene rings is 2. The summed E-state index contributed by atoms with van der Waals surface area (Å²) in [4.78, 5) is 12.0. The Hall–Kier alpha value is -3.39. The molecular weight excluding hydrogens is 380 g/mol. The number of hydrogen-bond donors (Lipinski definition) is 2. The Kier molecular flexibility index (Phi) is 4.94. The number of para-hydroxylation sites is 2. The Labute approximate surface area is 163 Å². The molecular formula is C20H15F2N5S. The van der Waals surface area contributed by atoms with E-state index in [1.54, 1.807) is 12.2 Å². The number of allylic oxidation sites excluding steroid dienone is 1. The predicted molar refractivity (Wildman–Crippen MR) is 108 cm³/mol. The van der Waals surface area contributed by atoms with E-state index in [0.29, 0.717) is 22.2 Å². The summed E-state index contributed by atoms with van der Waals surface area (Å²) < 4.78 is 26.9. The average Bonchev–Trinajstić information content (AvgIpc) is 3.27. The average molecular weight is 395 g/mol. The lowest BCUT2D eigenvalue weighted by atomic mass is 10.2. The van der Waals surface area contributed by atoms with E-state index >= 15 is 0 Å². The van der Waals surface area contributed by atoms with E-state index in [9.17, 15) is 8.78 Å². The number of aryl methyl sites for hydroxylation is 1. The zero-order valence-corrected chi connectivity index (χ0v) is 15.6. The number of fused-ring (bicyclic) bond motifs is 1. The van der Waals surface area contributed by atoms with E-state index < -0.39 is 11.6 Å². The van der Waals surface area contributed by atoms with Crippen LogP contribution < -0.4 is 5.43 Å². The molecule has 0 aliphatic rings. The lowest BCUT2D eigenvalue weighted by Gasteiger charge is -2.00. The summed E-state index contributed by atoms with van der Waals surface area (Å²) in [6, 6.07) is 10.9. The zero-order chi connectivity index (χ0) is 19.5. The van der Waals surface area contributed by atoms with Gasteiger partial charge in [-0.2, -0.15) is 5.10 Å². The summed E-state index contributed by atoms with van der Waals surface area (Å²) in [5.41, 5.74) is 6.29. The molecule has 0 amide bonds. The Morgan fingerprint density at radius 1 is 1.14 bits per heavy atom. The van der Waals surface area contributed by atoms with Crippen molar-refractivity contribution < 1.29 is 8.78 Å². The van der Waals surface area contributed by atoms with E-state index in [1.807, 2.05) is 36.6 Å². The summed E-state index contributed by atoms with van der Waals surface area (Å²) in [6.07, 6.45) is 3.21. The molecule has 0 radical (unpaired) electrons. The van der Waals surface area contributed by atoms with E-state index in [0.717, 1.165) is 22.8 Å². The number of hydrogen-bond acceptors (Lipinski definition) is 5. The van der Waals surface area contributed by atoms with Crippen LogP contribution in [-0.4, -0.2) is 20.7 Å². The smallest absolute Gasteiger partial charge is 0.203 e. The third-order valence-electron chi connectivity index (χ3n) is 3.84. The maximum Gasteiger partial charge on any atom is 0.203 e. The van der Waals surface area contributed by atoms with Gasteiger partial charge in [0.05, 0.1) is 16.7 Å². The molecule has 0 aliphatic heterocycles. The van der Waals surface area contributed by atoms with Gasteiger partial charge in [-0.25, -0.2) is 18.7 Å². The largest absolute Gasteiger partial charge is 0.337 e. The van der Waals surface area contributed by atoms with Gasteiger partial charge in [0.1, 0.15) is 17.3 Å². The Morgan fingerprint density at radius 2 is 1.93 bits per heavy atom. The van der Waals surface area contributed by atoms with Crippen molar-refractivity contribution in [3.8, 4) is 0 Å².